The van der Waals surface area contributed by atoms with E-state index in [1.807, 2.05) is 19.1 Å². The smallest absolute Gasteiger partial charge is 0.295 e. The molecular formula is C16H13ClN2O2S. The Kier molecular flexibility index (Phi) is 4.09. The zero-order valence-electron chi connectivity index (χ0n) is 11.7. The van der Waals surface area contributed by atoms with Gasteiger partial charge in [0.25, 0.3) is 11.1 Å². The molecule has 1 saturated heterocycles. The third kappa shape index (κ3) is 2.69. The normalized spacial score (nSPS) is 17.9. The van der Waals surface area contributed by atoms with E-state index in [-0.39, 0.29) is 11.1 Å². The molecule has 1 aliphatic rings. The summed E-state index contributed by atoms with van der Waals surface area (Å²) in [5.41, 5.74) is 2.18. The lowest BCUT2D eigenvalue weighted by molar-refractivity contribution is -0.116. The lowest BCUT2D eigenvalue weighted by Gasteiger charge is -2.16. The maximum Gasteiger partial charge on any atom is 0.295 e. The molecule has 1 atom stereocenters. The maximum atomic E-state index is 12.5. The number of carbonyl (C=O) groups excluding carboxylic acids is 2. The number of halogens is 1. The summed E-state index contributed by atoms with van der Waals surface area (Å²) in [6.45, 7) is 1.87. The minimum Gasteiger partial charge on any atom is -0.365 e. The molecule has 2 aromatic carbocycles. The van der Waals surface area contributed by atoms with Crippen LogP contribution in [0.25, 0.3) is 0 Å². The Morgan fingerprint density at radius 2 is 1.82 bits per heavy atom. The number of benzene rings is 2. The SMILES string of the molecule is Cc1c(Cl)cccc1NC1SC(=O)N(c2ccccc2)C1=O. The van der Waals surface area contributed by atoms with Crippen LogP contribution in [0.4, 0.5) is 16.2 Å². The van der Waals surface area contributed by atoms with Crippen LogP contribution >= 0.6 is 23.4 Å². The van der Waals surface area contributed by atoms with Crippen molar-refractivity contribution >= 4 is 45.9 Å². The van der Waals surface area contributed by atoms with Gasteiger partial charge in [-0.05, 0) is 48.5 Å². The van der Waals surface area contributed by atoms with Gasteiger partial charge in [-0.1, -0.05) is 35.9 Å². The first-order valence-electron chi connectivity index (χ1n) is 6.69. The Balaban J connectivity index is 1.84. The van der Waals surface area contributed by atoms with Crippen LogP contribution in [0.1, 0.15) is 5.56 Å². The van der Waals surface area contributed by atoms with Gasteiger partial charge < -0.3 is 5.32 Å². The highest BCUT2D eigenvalue weighted by Gasteiger charge is 2.40. The van der Waals surface area contributed by atoms with Gasteiger partial charge in [0.1, 0.15) is 0 Å². The third-order valence-electron chi connectivity index (χ3n) is 3.41. The fourth-order valence-corrected chi connectivity index (χ4v) is 3.29. The number of thioether (sulfide) groups is 1. The molecule has 0 radical (unpaired) electrons. The summed E-state index contributed by atoms with van der Waals surface area (Å²) in [6, 6.07) is 14.3. The second-order valence-corrected chi connectivity index (χ2v) is 6.29. The van der Waals surface area contributed by atoms with Crippen molar-refractivity contribution < 1.29 is 9.59 Å². The minimum absolute atomic E-state index is 0.277. The Labute approximate surface area is 137 Å². The second kappa shape index (κ2) is 6.02. The summed E-state index contributed by atoms with van der Waals surface area (Å²) in [7, 11) is 0. The number of anilines is 2. The molecule has 0 saturated carbocycles. The number of hydrogen-bond donors (Lipinski definition) is 1. The number of imide groups is 1. The van der Waals surface area contributed by atoms with Crippen molar-refractivity contribution in [3.8, 4) is 0 Å². The zero-order chi connectivity index (χ0) is 15.7. The molecule has 1 heterocycles. The topological polar surface area (TPSA) is 49.4 Å². The van der Waals surface area contributed by atoms with Crippen LogP contribution < -0.4 is 10.2 Å². The van der Waals surface area contributed by atoms with Gasteiger partial charge in [0.15, 0.2) is 5.37 Å². The van der Waals surface area contributed by atoms with Gasteiger partial charge >= 0.3 is 0 Å². The fraction of sp³-hybridized carbons (Fsp3) is 0.125. The second-order valence-electron chi connectivity index (χ2n) is 4.83. The summed E-state index contributed by atoms with van der Waals surface area (Å²) < 4.78 is 0. The van der Waals surface area contributed by atoms with E-state index in [0.29, 0.717) is 10.7 Å². The van der Waals surface area contributed by atoms with Crippen LogP contribution in [0.5, 0.6) is 0 Å². The van der Waals surface area contributed by atoms with Gasteiger partial charge in [0.05, 0.1) is 5.69 Å². The Bertz CT molecular complexity index is 736. The molecule has 1 N–H and O–H groups in total. The Hall–Kier alpha value is -1.98. The summed E-state index contributed by atoms with van der Waals surface area (Å²) in [5.74, 6) is -0.277. The van der Waals surface area contributed by atoms with Gasteiger partial charge in [-0.3, -0.25) is 9.59 Å². The molecule has 0 bridgehead atoms. The van der Waals surface area contributed by atoms with E-state index in [0.717, 1.165) is 23.0 Å². The van der Waals surface area contributed by atoms with E-state index in [1.54, 1.807) is 36.4 Å². The van der Waals surface area contributed by atoms with Crippen molar-refractivity contribution in [1.29, 1.82) is 0 Å². The predicted octanol–water partition coefficient (Wildman–Crippen LogP) is 4.29. The molecule has 1 unspecified atom stereocenters. The van der Waals surface area contributed by atoms with E-state index >= 15 is 0 Å². The molecule has 3 rings (SSSR count). The van der Waals surface area contributed by atoms with Gasteiger partial charge in [0.2, 0.25) is 0 Å². The molecule has 0 aromatic heterocycles. The van der Waals surface area contributed by atoms with Crippen LogP contribution in [0.15, 0.2) is 48.5 Å². The molecule has 2 aromatic rings. The summed E-state index contributed by atoms with van der Waals surface area (Å²) in [4.78, 5) is 25.8. The van der Waals surface area contributed by atoms with E-state index in [9.17, 15) is 9.59 Å². The molecule has 2 amide bonds. The van der Waals surface area contributed by atoms with Crippen molar-refractivity contribution in [2.45, 2.75) is 12.3 Å². The summed E-state index contributed by atoms with van der Waals surface area (Å²) in [5, 5.41) is 2.78. The van der Waals surface area contributed by atoms with Crippen LogP contribution in [-0.4, -0.2) is 16.5 Å². The highest BCUT2D eigenvalue weighted by Crippen LogP contribution is 2.33. The number of hydrogen-bond acceptors (Lipinski definition) is 4. The molecule has 6 heteroatoms. The standard InChI is InChI=1S/C16H13ClN2O2S/c1-10-12(17)8-5-9-13(10)18-14-15(20)19(16(21)22-14)11-6-3-2-4-7-11/h2-9,14,18H,1H3. The molecule has 4 nitrogen and oxygen atoms in total. The van der Waals surface area contributed by atoms with Crippen LogP contribution in [0, 0.1) is 6.92 Å². The largest absolute Gasteiger partial charge is 0.365 e. The van der Waals surface area contributed by atoms with Gasteiger partial charge in [-0.25, -0.2) is 4.90 Å². The molecule has 0 aliphatic carbocycles. The fourth-order valence-electron chi connectivity index (χ4n) is 2.22. The zero-order valence-corrected chi connectivity index (χ0v) is 13.3. The lowest BCUT2D eigenvalue weighted by Crippen LogP contribution is -2.34. The average molecular weight is 333 g/mol. The van der Waals surface area contributed by atoms with Crippen molar-refractivity contribution in [2.24, 2.45) is 0 Å². The molecule has 1 aliphatic heterocycles. The molecule has 0 spiro atoms. The van der Waals surface area contributed by atoms with Crippen molar-refractivity contribution in [2.75, 3.05) is 10.2 Å². The number of para-hydroxylation sites is 1. The molecule has 112 valence electrons. The van der Waals surface area contributed by atoms with Crippen LogP contribution in [0.3, 0.4) is 0 Å². The monoisotopic (exact) mass is 332 g/mol. The van der Waals surface area contributed by atoms with Crippen molar-refractivity contribution in [1.82, 2.24) is 0 Å². The summed E-state index contributed by atoms with van der Waals surface area (Å²) in [6.07, 6.45) is 0. The number of nitrogens with one attached hydrogen (secondary N) is 1. The molecular weight excluding hydrogens is 320 g/mol. The van der Waals surface area contributed by atoms with Gasteiger partial charge in [-0.15, -0.1) is 0 Å². The average Bonchev–Trinajstić information content (AvgIpc) is 2.79. The lowest BCUT2D eigenvalue weighted by atomic mass is 10.2. The third-order valence-corrected chi connectivity index (χ3v) is 4.76. The first-order chi connectivity index (χ1) is 10.6. The molecule has 1 fully saturated rings. The Morgan fingerprint density at radius 3 is 2.55 bits per heavy atom. The molecule has 22 heavy (non-hydrogen) atoms. The number of carbonyl (C=O) groups is 2. The van der Waals surface area contributed by atoms with Crippen LogP contribution in [0.2, 0.25) is 5.02 Å². The first kappa shape index (κ1) is 14.9. The first-order valence-corrected chi connectivity index (χ1v) is 7.95. The quantitative estimate of drug-likeness (QED) is 0.911. The van der Waals surface area contributed by atoms with E-state index in [2.05, 4.69) is 5.32 Å². The highest BCUT2D eigenvalue weighted by molar-refractivity contribution is 8.16. The Morgan fingerprint density at radius 1 is 1.09 bits per heavy atom. The van der Waals surface area contributed by atoms with Crippen LogP contribution in [-0.2, 0) is 4.79 Å². The predicted molar refractivity (Wildman–Crippen MR) is 90.5 cm³/mol. The van der Waals surface area contributed by atoms with Gasteiger partial charge in [-0.2, -0.15) is 0 Å². The summed E-state index contributed by atoms with van der Waals surface area (Å²) >= 11 is 7.05. The minimum atomic E-state index is -0.648. The maximum absolute atomic E-state index is 12.5. The van der Waals surface area contributed by atoms with E-state index in [4.69, 9.17) is 11.6 Å². The van der Waals surface area contributed by atoms with E-state index < -0.39 is 5.37 Å². The van der Waals surface area contributed by atoms with Gasteiger partial charge in [0, 0.05) is 10.7 Å². The van der Waals surface area contributed by atoms with E-state index in [1.165, 1.54) is 4.90 Å². The number of rotatable bonds is 3. The number of amides is 2. The van der Waals surface area contributed by atoms with Crippen molar-refractivity contribution in [3.05, 3.63) is 59.1 Å². The van der Waals surface area contributed by atoms with Crippen molar-refractivity contribution in [3.63, 3.8) is 0 Å². The number of nitrogens with zero attached hydrogens (tertiary/aromatic N) is 1. The highest BCUT2D eigenvalue weighted by atomic mass is 35.5.